The predicted octanol–water partition coefficient (Wildman–Crippen LogP) is 4.50. The third-order valence-corrected chi connectivity index (χ3v) is 3.85. The minimum Gasteiger partial charge on any atom is -0.0945 e. The molecule has 0 nitrogen and oxygen atoms in total. The zero-order chi connectivity index (χ0) is 12.1. The van der Waals surface area contributed by atoms with Gasteiger partial charge in [0.25, 0.3) is 0 Å². The lowest BCUT2D eigenvalue weighted by Crippen LogP contribution is -2.18. The average Bonchev–Trinajstić information content (AvgIpc) is 2.38. The van der Waals surface area contributed by atoms with Crippen LogP contribution in [0.5, 0.6) is 0 Å². The van der Waals surface area contributed by atoms with Gasteiger partial charge < -0.3 is 0 Å². The molecule has 0 heteroatoms. The van der Waals surface area contributed by atoms with Gasteiger partial charge in [0.15, 0.2) is 0 Å². The molecule has 2 rings (SSSR count). The number of benzene rings is 1. The second-order valence-corrected chi connectivity index (χ2v) is 5.50. The highest BCUT2D eigenvalue weighted by atomic mass is 14.3. The first-order valence-corrected chi connectivity index (χ1v) is 6.82. The van der Waals surface area contributed by atoms with Crippen LogP contribution in [0, 0.1) is 29.6 Å². The minimum atomic E-state index is 0.622. The van der Waals surface area contributed by atoms with E-state index in [1.807, 2.05) is 6.07 Å². The molecule has 0 unspecified atom stereocenters. The Balaban J connectivity index is 1.98. The fraction of sp³-hybridized carbons (Fsp3) is 0.529. The minimum absolute atomic E-state index is 0.622. The van der Waals surface area contributed by atoms with E-state index in [0.29, 0.717) is 5.92 Å². The maximum Gasteiger partial charge on any atom is 0.0245 e. The van der Waals surface area contributed by atoms with E-state index in [1.54, 1.807) is 0 Å². The van der Waals surface area contributed by atoms with E-state index in [4.69, 9.17) is 0 Å². The van der Waals surface area contributed by atoms with Gasteiger partial charge in [-0.2, -0.15) is 0 Å². The molecule has 1 aromatic carbocycles. The topological polar surface area (TPSA) is 0 Å². The summed E-state index contributed by atoms with van der Waals surface area (Å²) in [4.78, 5) is 0. The summed E-state index contributed by atoms with van der Waals surface area (Å²) in [6, 6.07) is 10.3. The molecule has 17 heavy (non-hydrogen) atoms. The van der Waals surface area contributed by atoms with Crippen molar-refractivity contribution < 1.29 is 0 Å². The lowest BCUT2D eigenvalue weighted by molar-refractivity contribution is 0.246. The van der Waals surface area contributed by atoms with Crippen LogP contribution in [-0.4, -0.2) is 0 Å². The van der Waals surface area contributed by atoms with Gasteiger partial charge in [-0.1, -0.05) is 56.7 Å². The molecule has 2 atom stereocenters. The molecule has 0 aliphatic heterocycles. The molecule has 0 spiro atoms. The van der Waals surface area contributed by atoms with Gasteiger partial charge >= 0.3 is 0 Å². The van der Waals surface area contributed by atoms with E-state index in [2.05, 4.69) is 50.0 Å². The molecule has 90 valence electrons. The van der Waals surface area contributed by atoms with Gasteiger partial charge in [0.1, 0.15) is 0 Å². The van der Waals surface area contributed by atoms with E-state index < -0.39 is 0 Å². The van der Waals surface area contributed by atoms with E-state index in [-0.39, 0.29) is 0 Å². The van der Waals surface area contributed by atoms with Crippen LogP contribution in [0.25, 0.3) is 0 Å². The Bertz CT molecular complexity index is 391. The number of hydrogen-bond acceptors (Lipinski definition) is 0. The molecule has 0 amide bonds. The molecule has 0 heterocycles. The van der Waals surface area contributed by atoms with Crippen LogP contribution in [0.15, 0.2) is 30.3 Å². The van der Waals surface area contributed by atoms with E-state index >= 15 is 0 Å². The highest BCUT2D eigenvalue weighted by Crippen LogP contribution is 2.33. The first-order valence-electron chi connectivity index (χ1n) is 6.82. The Labute approximate surface area is 105 Å². The second-order valence-electron chi connectivity index (χ2n) is 5.50. The zero-order valence-corrected chi connectivity index (χ0v) is 10.9. The smallest absolute Gasteiger partial charge is 0.0245 e. The van der Waals surface area contributed by atoms with Crippen molar-refractivity contribution >= 4 is 0 Å². The Morgan fingerprint density at radius 3 is 2.59 bits per heavy atom. The molecular weight excluding hydrogens is 204 g/mol. The quantitative estimate of drug-likeness (QED) is 0.618. The third-order valence-electron chi connectivity index (χ3n) is 3.85. The summed E-state index contributed by atoms with van der Waals surface area (Å²) in [5.41, 5.74) is 1.15. The van der Waals surface area contributed by atoms with Gasteiger partial charge in [0, 0.05) is 11.5 Å². The molecule has 1 fully saturated rings. The lowest BCUT2D eigenvalue weighted by Gasteiger charge is -2.28. The first kappa shape index (κ1) is 12.2. The molecule has 1 aromatic rings. The number of rotatable bonds is 1. The summed E-state index contributed by atoms with van der Waals surface area (Å²) in [5.74, 6) is 9.12. The van der Waals surface area contributed by atoms with Gasteiger partial charge in [-0.15, -0.1) is 0 Å². The maximum absolute atomic E-state index is 3.47. The van der Waals surface area contributed by atoms with Crippen molar-refractivity contribution in [3.05, 3.63) is 35.9 Å². The monoisotopic (exact) mass is 226 g/mol. The Hall–Kier alpha value is -1.22. The first-order chi connectivity index (χ1) is 8.25. The SMILES string of the molecule is CC(C)[C@@H]1CCC[C@H](C#Cc2ccccc2)C1. The van der Waals surface area contributed by atoms with Crippen LogP contribution in [0.4, 0.5) is 0 Å². The summed E-state index contributed by atoms with van der Waals surface area (Å²) in [7, 11) is 0. The van der Waals surface area contributed by atoms with Crippen LogP contribution in [0.3, 0.4) is 0 Å². The summed E-state index contributed by atoms with van der Waals surface area (Å²) in [6.45, 7) is 4.69. The van der Waals surface area contributed by atoms with Gasteiger partial charge in [-0.3, -0.25) is 0 Å². The average molecular weight is 226 g/mol. The van der Waals surface area contributed by atoms with Crippen molar-refractivity contribution in [2.24, 2.45) is 17.8 Å². The largest absolute Gasteiger partial charge is 0.0945 e. The number of hydrogen-bond donors (Lipinski definition) is 0. The molecule has 1 saturated carbocycles. The summed E-state index contributed by atoms with van der Waals surface area (Å²) in [5, 5.41) is 0. The zero-order valence-electron chi connectivity index (χ0n) is 10.9. The predicted molar refractivity (Wildman–Crippen MR) is 73.6 cm³/mol. The highest BCUT2D eigenvalue weighted by molar-refractivity contribution is 5.34. The van der Waals surface area contributed by atoms with Crippen molar-refractivity contribution in [1.82, 2.24) is 0 Å². The van der Waals surface area contributed by atoms with Crippen molar-refractivity contribution in [3.63, 3.8) is 0 Å². The van der Waals surface area contributed by atoms with Crippen molar-refractivity contribution in [2.75, 3.05) is 0 Å². The van der Waals surface area contributed by atoms with Crippen molar-refractivity contribution in [2.45, 2.75) is 39.5 Å². The summed E-state index contributed by atoms with van der Waals surface area (Å²) in [6.07, 6.45) is 5.36. The van der Waals surface area contributed by atoms with E-state index in [1.165, 1.54) is 25.7 Å². The Morgan fingerprint density at radius 2 is 1.88 bits per heavy atom. The fourth-order valence-corrected chi connectivity index (χ4v) is 2.67. The maximum atomic E-state index is 3.47. The van der Waals surface area contributed by atoms with E-state index in [9.17, 15) is 0 Å². The fourth-order valence-electron chi connectivity index (χ4n) is 2.67. The van der Waals surface area contributed by atoms with Crippen LogP contribution < -0.4 is 0 Å². The van der Waals surface area contributed by atoms with Crippen molar-refractivity contribution in [3.8, 4) is 11.8 Å². The van der Waals surface area contributed by atoms with Crippen molar-refractivity contribution in [1.29, 1.82) is 0 Å². The molecule has 1 aliphatic rings. The van der Waals surface area contributed by atoms with Gasteiger partial charge in [-0.05, 0) is 36.8 Å². The normalized spacial score (nSPS) is 24.2. The molecular formula is C17H22. The molecule has 0 radical (unpaired) electrons. The lowest BCUT2D eigenvalue weighted by atomic mass is 9.76. The summed E-state index contributed by atoms with van der Waals surface area (Å²) < 4.78 is 0. The summed E-state index contributed by atoms with van der Waals surface area (Å²) >= 11 is 0. The van der Waals surface area contributed by atoms with Gasteiger partial charge in [-0.25, -0.2) is 0 Å². The van der Waals surface area contributed by atoms with Gasteiger partial charge in [0.2, 0.25) is 0 Å². The standard InChI is InChI=1S/C17H22/c1-14(2)17-10-6-9-16(13-17)12-11-15-7-4-3-5-8-15/h3-5,7-8,14,16-17H,6,9-10,13H2,1-2H3/t16-,17-/m1/s1. The van der Waals surface area contributed by atoms with Crippen LogP contribution >= 0.6 is 0 Å². The van der Waals surface area contributed by atoms with E-state index in [0.717, 1.165) is 17.4 Å². The molecule has 0 N–H and O–H groups in total. The molecule has 1 aliphatic carbocycles. The molecule has 0 aromatic heterocycles. The highest BCUT2D eigenvalue weighted by Gasteiger charge is 2.22. The Morgan fingerprint density at radius 1 is 1.12 bits per heavy atom. The molecule has 0 bridgehead atoms. The van der Waals surface area contributed by atoms with Crippen LogP contribution in [0.1, 0.15) is 45.1 Å². The molecule has 0 saturated heterocycles. The Kier molecular flexibility index (Phi) is 4.26. The van der Waals surface area contributed by atoms with Gasteiger partial charge in [0.05, 0.1) is 0 Å². The third kappa shape index (κ3) is 3.63. The van der Waals surface area contributed by atoms with Crippen LogP contribution in [-0.2, 0) is 0 Å². The van der Waals surface area contributed by atoms with Crippen LogP contribution in [0.2, 0.25) is 0 Å². The second kappa shape index (κ2) is 5.92.